The van der Waals surface area contributed by atoms with Crippen LogP contribution < -0.4 is 10.2 Å². The minimum absolute atomic E-state index is 0.269. The summed E-state index contributed by atoms with van der Waals surface area (Å²) >= 11 is 0. The fourth-order valence-electron chi connectivity index (χ4n) is 2.63. The Hall–Kier alpha value is -1.59. The number of hydrogen-bond donors (Lipinski definition) is 1. The first-order chi connectivity index (χ1) is 10.7. The number of carbonyl (C=O) groups is 1. The smallest absolute Gasteiger partial charge is 0.223 e. The monoisotopic (exact) mass is 304 g/mol. The van der Waals surface area contributed by atoms with Gasteiger partial charge in [-0.3, -0.25) is 4.79 Å². The van der Waals surface area contributed by atoms with Gasteiger partial charge in [0.15, 0.2) is 0 Å². The van der Waals surface area contributed by atoms with Crippen LogP contribution in [0.4, 0.5) is 5.69 Å². The van der Waals surface area contributed by atoms with Gasteiger partial charge in [-0.15, -0.1) is 0 Å². The summed E-state index contributed by atoms with van der Waals surface area (Å²) in [5.74, 6) is 0.269. The predicted molar refractivity (Wildman–Crippen MR) is 91.3 cm³/mol. The van der Waals surface area contributed by atoms with Crippen molar-refractivity contribution in [2.75, 3.05) is 64.8 Å². The van der Waals surface area contributed by atoms with E-state index in [1.165, 1.54) is 5.69 Å². The molecule has 1 saturated heterocycles. The van der Waals surface area contributed by atoms with Gasteiger partial charge in [-0.05, 0) is 26.2 Å². The lowest BCUT2D eigenvalue weighted by Crippen LogP contribution is -2.49. The molecule has 122 valence electrons. The summed E-state index contributed by atoms with van der Waals surface area (Å²) in [5, 5.41) is 3.32. The lowest BCUT2D eigenvalue weighted by atomic mass is 10.2. The van der Waals surface area contributed by atoms with Crippen LogP contribution in [0.2, 0.25) is 0 Å². The largest absolute Gasteiger partial charge is 0.368 e. The van der Waals surface area contributed by atoms with Crippen molar-refractivity contribution in [2.24, 2.45) is 0 Å². The third kappa shape index (κ3) is 5.31. The second-order valence-corrected chi connectivity index (χ2v) is 6.01. The number of nitrogens with one attached hydrogen (secondary N) is 1. The van der Waals surface area contributed by atoms with Crippen molar-refractivity contribution in [2.45, 2.75) is 6.42 Å². The number of rotatable bonds is 7. The lowest BCUT2D eigenvalue weighted by Gasteiger charge is -2.36. The standard InChI is InChI=1S/C17H28N4O/c1-19(2)11-10-18-9-8-17(22)21-14-12-20(13-15-21)16-6-4-3-5-7-16/h3-7,18H,8-15H2,1-2H3. The molecule has 0 aromatic heterocycles. The number of anilines is 1. The fourth-order valence-corrected chi connectivity index (χ4v) is 2.63. The molecule has 22 heavy (non-hydrogen) atoms. The molecule has 5 nitrogen and oxygen atoms in total. The Morgan fingerprint density at radius 1 is 1.09 bits per heavy atom. The number of amides is 1. The maximum atomic E-state index is 12.2. The van der Waals surface area contributed by atoms with E-state index < -0.39 is 0 Å². The molecule has 1 aliphatic rings. The summed E-state index contributed by atoms with van der Waals surface area (Å²) in [6, 6.07) is 10.4. The van der Waals surface area contributed by atoms with Gasteiger partial charge in [0.05, 0.1) is 0 Å². The van der Waals surface area contributed by atoms with Crippen LogP contribution in [0.5, 0.6) is 0 Å². The Morgan fingerprint density at radius 3 is 2.41 bits per heavy atom. The molecule has 1 aliphatic heterocycles. The second-order valence-electron chi connectivity index (χ2n) is 6.01. The van der Waals surface area contributed by atoms with E-state index in [1.807, 2.05) is 11.0 Å². The highest BCUT2D eigenvalue weighted by atomic mass is 16.2. The van der Waals surface area contributed by atoms with E-state index in [2.05, 4.69) is 53.5 Å². The van der Waals surface area contributed by atoms with E-state index >= 15 is 0 Å². The van der Waals surface area contributed by atoms with Gasteiger partial charge in [-0.2, -0.15) is 0 Å². The van der Waals surface area contributed by atoms with Gasteiger partial charge in [0.1, 0.15) is 0 Å². The molecule has 0 aliphatic carbocycles. The summed E-state index contributed by atoms with van der Waals surface area (Å²) in [5.41, 5.74) is 1.25. The van der Waals surface area contributed by atoms with Crippen molar-refractivity contribution < 1.29 is 4.79 Å². The van der Waals surface area contributed by atoms with Crippen LogP contribution in [0, 0.1) is 0 Å². The van der Waals surface area contributed by atoms with Gasteiger partial charge in [0, 0.05) is 57.9 Å². The highest BCUT2D eigenvalue weighted by molar-refractivity contribution is 5.76. The van der Waals surface area contributed by atoms with Crippen LogP contribution in [0.15, 0.2) is 30.3 Å². The minimum atomic E-state index is 0.269. The van der Waals surface area contributed by atoms with Crippen molar-refractivity contribution in [1.29, 1.82) is 0 Å². The third-order valence-corrected chi connectivity index (χ3v) is 4.01. The summed E-state index contributed by atoms with van der Waals surface area (Å²) in [4.78, 5) is 18.7. The molecule has 0 spiro atoms. The Bertz CT molecular complexity index is 441. The Kier molecular flexibility index (Phi) is 6.68. The van der Waals surface area contributed by atoms with Crippen molar-refractivity contribution in [3.05, 3.63) is 30.3 Å². The molecule has 0 unspecified atom stereocenters. The molecule has 0 saturated carbocycles. The van der Waals surface area contributed by atoms with E-state index in [0.717, 1.165) is 45.8 Å². The van der Waals surface area contributed by atoms with Crippen LogP contribution in [0.1, 0.15) is 6.42 Å². The summed E-state index contributed by atoms with van der Waals surface area (Å²) in [6.45, 7) is 6.20. The normalized spacial score (nSPS) is 15.4. The van der Waals surface area contributed by atoms with E-state index in [4.69, 9.17) is 0 Å². The Morgan fingerprint density at radius 2 is 1.77 bits per heavy atom. The molecule has 1 heterocycles. The first-order valence-electron chi connectivity index (χ1n) is 8.10. The van der Waals surface area contributed by atoms with Crippen molar-refractivity contribution in [3.63, 3.8) is 0 Å². The molecule has 0 atom stereocenters. The molecular formula is C17H28N4O. The Labute approximate surface area is 133 Å². The van der Waals surface area contributed by atoms with E-state index in [1.54, 1.807) is 0 Å². The minimum Gasteiger partial charge on any atom is -0.368 e. The molecule has 0 radical (unpaired) electrons. The van der Waals surface area contributed by atoms with E-state index in [-0.39, 0.29) is 5.91 Å². The van der Waals surface area contributed by atoms with Crippen LogP contribution in [-0.2, 0) is 4.79 Å². The lowest BCUT2D eigenvalue weighted by molar-refractivity contribution is -0.131. The molecule has 1 aromatic carbocycles. The highest BCUT2D eigenvalue weighted by Crippen LogP contribution is 2.15. The molecular weight excluding hydrogens is 276 g/mol. The van der Waals surface area contributed by atoms with Gasteiger partial charge in [-0.25, -0.2) is 0 Å². The molecule has 5 heteroatoms. The van der Waals surface area contributed by atoms with Crippen LogP contribution in [-0.4, -0.2) is 75.6 Å². The topological polar surface area (TPSA) is 38.8 Å². The van der Waals surface area contributed by atoms with Gasteiger partial charge in [-0.1, -0.05) is 18.2 Å². The summed E-state index contributed by atoms with van der Waals surface area (Å²) in [6.07, 6.45) is 0.596. The second kappa shape index (κ2) is 8.76. The molecule has 1 amide bonds. The summed E-state index contributed by atoms with van der Waals surface area (Å²) in [7, 11) is 4.11. The zero-order valence-electron chi connectivity index (χ0n) is 13.8. The maximum Gasteiger partial charge on any atom is 0.223 e. The average Bonchev–Trinajstić information content (AvgIpc) is 2.55. The molecule has 1 aromatic rings. The van der Waals surface area contributed by atoms with Gasteiger partial charge >= 0.3 is 0 Å². The first-order valence-corrected chi connectivity index (χ1v) is 8.10. The zero-order chi connectivity index (χ0) is 15.8. The van der Waals surface area contributed by atoms with Crippen molar-refractivity contribution in [3.8, 4) is 0 Å². The third-order valence-electron chi connectivity index (χ3n) is 4.01. The van der Waals surface area contributed by atoms with Crippen molar-refractivity contribution >= 4 is 11.6 Å². The van der Waals surface area contributed by atoms with E-state index in [0.29, 0.717) is 6.42 Å². The average molecular weight is 304 g/mol. The Balaban J connectivity index is 1.65. The van der Waals surface area contributed by atoms with Gasteiger partial charge < -0.3 is 20.0 Å². The summed E-state index contributed by atoms with van der Waals surface area (Å²) < 4.78 is 0. The number of likely N-dealkylation sites (N-methyl/N-ethyl adjacent to an activating group) is 1. The SMILES string of the molecule is CN(C)CCNCCC(=O)N1CCN(c2ccccc2)CC1. The highest BCUT2D eigenvalue weighted by Gasteiger charge is 2.20. The number of piperazine rings is 1. The quantitative estimate of drug-likeness (QED) is 0.759. The van der Waals surface area contributed by atoms with Crippen LogP contribution in [0.25, 0.3) is 0 Å². The number of carbonyl (C=O) groups excluding carboxylic acids is 1. The maximum absolute atomic E-state index is 12.2. The first kappa shape index (κ1) is 16.8. The number of para-hydroxylation sites is 1. The number of benzene rings is 1. The molecule has 1 N–H and O–H groups in total. The van der Waals surface area contributed by atoms with Gasteiger partial charge in [0.2, 0.25) is 5.91 Å². The van der Waals surface area contributed by atoms with E-state index in [9.17, 15) is 4.79 Å². The van der Waals surface area contributed by atoms with Gasteiger partial charge in [0.25, 0.3) is 0 Å². The molecule has 1 fully saturated rings. The number of hydrogen-bond acceptors (Lipinski definition) is 4. The fraction of sp³-hybridized carbons (Fsp3) is 0.588. The molecule has 2 rings (SSSR count). The number of nitrogens with zero attached hydrogens (tertiary/aromatic N) is 3. The zero-order valence-corrected chi connectivity index (χ0v) is 13.8. The van der Waals surface area contributed by atoms with Crippen molar-refractivity contribution in [1.82, 2.24) is 15.1 Å². The van der Waals surface area contributed by atoms with Crippen LogP contribution >= 0.6 is 0 Å². The predicted octanol–water partition coefficient (Wildman–Crippen LogP) is 0.877. The molecule has 0 bridgehead atoms. The van der Waals surface area contributed by atoms with Crippen LogP contribution in [0.3, 0.4) is 0 Å².